The van der Waals surface area contributed by atoms with Crippen LogP contribution in [0.15, 0.2) is 10.6 Å². The maximum atomic E-state index is 13.0. The quantitative estimate of drug-likeness (QED) is 0.316. The Morgan fingerprint density at radius 1 is 1.32 bits per heavy atom. The van der Waals surface area contributed by atoms with Crippen molar-refractivity contribution in [3.8, 4) is 0 Å². The highest BCUT2D eigenvalue weighted by molar-refractivity contribution is 8.03. The van der Waals surface area contributed by atoms with Crippen molar-refractivity contribution >= 4 is 35.3 Å². The highest BCUT2D eigenvalue weighted by Crippen LogP contribution is 2.53. The van der Waals surface area contributed by atoms with E-state index in [4.69, 9.17) is 0 Å². The molecule has 4 N–H and O–H groups in total. The predicted octanol–water partition coefficient (Wildman–Crippen LogP) is -0.369. The molecule has 34 heavy (non-hydrogen) atoms. The molecule has 0 saturated carbocycles. The van der Waals surface area contributed by atoms with Crippen LogP contribution in [0.2, 0.25) is 0 Å². The normalized spacial score (nSPS) is 33.8. The summed E-state index contributed by atoms with van der Waals surface area (Å²) in [6.45, 7) is 5.57. The summed E-state index contributed by atoms with van der Waals surface area (Å²) in [6, 6.07) is -0.602. The summed E-state index contributed by atoms with van der Waals surface area (Å²) >= 11 is 1.45. The number of aliphatic carboxylic acids is 1. The molecule has 2 amide bonds. The van der Waals surface area contributed by atoms with Gasteiger partial charge in [0.1, 0.15) is 11.5 Å². The molecule has 0 bridgehead atoms. The zero-order valence-corrected chi connectivity index (χ0v) is 20.6. The lowest BCUT2D eigenvalue weighted by molar-refractivity contribution is -0.160. The number of likely N-dealkylation sites (N-methyl/N-ethyl adjacent to an activating group) is 1. The third-order valence-electron chi connectivity index (χ3n) is 7.49. The number of ketones is 1. The molecular formula is C23H34N4O6S. The molecule has 0 aromatic heterocycles. The number of carboxylic acid groups (broad SMARTS) is 1. The maximum absolute atomic E-state index is 13.0. The van der Waals surface area contributed by atoms with E-state index in [0.717, 1.165) is 0 Å². The Balaban J connectivity index is 1.43. The number of nitrogens with one attached hydrogen (secondary N) is 2. The highest BCUT2D eigenvalue weighted by atomic mass is 32.2. The molecule has 4 rings (SSSR count). The van der Waals surface area contributed by atoms with E-state index in [1.165, 1.54) is 16.7 Å². The Morgan fingerprint density at radius 2 is 2.06 bits per heavy atom. The van der Waals surface area contributed by atoms with E-state index in [-0.39, 0.29) is 71.3 Å². The second-order valence-corrected chi connectivity index (χ2v) is 11.3. The number of carboxylic acids is 1. The number of β-lactam (4-membered cyclic amide) rings is 1. The zero-order valence-electron chi connectivity index (χ0n) is 19.8. The molecule has 3 fully saturated rings. The molecule has 7 atom stereocenters. The first-order chi connectivity index (χ1) is 16.1. The first kappa shape index (κ1) is 25.2. The molecule has 0 spiro atoms. The van der Waals surface area contributed by atoms with Crippen LogP contribution in [-0.4, -0.2) is 100 Å². The zero-order chi connectivity index (χ0) is 24.7. The summed E-state index contributed by atoms with van der Waals surface area (Å²) < 4.78 is 0. The minimum atomic E-state index is -1.12. The van der Waals surface area contributed by atoms with Crippen molar-refractivity contribution in [3.63, 3.8) is 0 Å². The number of carbonyl (C=O) groups is 4. The first-order valence-corrected chi connectivity index (χ1v) is 12.9. The number of β-amino-alcohol motifs (C(OH)–C–C–N with tert-alkyl or cyclic N) is 1. The smallest absolute Gasteiger partial charge is 0.353 e. The lowest BCUT2D eigenvalue weighted by Gasteiger charge is -2.47. The van der Waals surface area contributed by atoms with Crippen LogP contribution in [0.5, 0.6) is 0 Å². The molecule has 0 radical (unpaired) electrons. The van der Waals surface area contributed by atoms with E-state index in [0.29, 0.717) is 37.4 Å². The third-order valence-corrected chi connectivity index (χ3v) is 9.00. The fourth-order valence-electron chi connectivity index (χ4n) is 5.85. The molecule has 4 aliphatic rings. The number of Topliss-reactive ketones (excluding diaryl/α,β-unsaturated/α-hetero) is 1. The van der Waals surface area contributed by atoms with Gasteiger partial charge in [0.25, 0.3) is 0 Å². The summed E-state index contributed by atoms with van der Waals surface area (Å²) in [5, 5.41) is 25.8. The molecule has 11 heteroatoms. The topological polar surface area (TPSA) is 139 Å². The second kappa shape index (κ2) is 9.96. The molecule has 0 unspecified atom stereocenters. The summed E-state index contributed by atoms with van der Waals surface area (Å²) in [5.74, 6) is -2.02. The number of rotatable bonds is 9. The number of carbonyl (C=O) groups excluding carboxylic acids is 3. The van der Waals surface area contributed by atoms with Crippen LogP contribution in [0, 0.1) is 17.8 Å². The highest BCUT2D eigenvalue weighted by Gasteiger charge is 2.60. The van der Waals surface area contributed by atoms with Crippen molar-refractivity contribution < 1.29 is 29.4 Å². The number of amides is 2. The Labute approximate surface area is 203 Å². The van der Waals surface area contributed by atoms with Crippen LogP contribution in [-0.2, 0) is 19.2 Å². The first-order valence-electron chi connectivity index (χ1n) is 12.0. The molecule has 3 saturated heterocycles. The van der Waals surface area contributed by atoms with Gasteiger partial charge < -0.3 is 30.6 Å². The standard InChI is InChI=1S/C23H34N4O6S/c1-11(6-14(29)8-24-3)17-18-12(2)20(19(23(32)33)27(18)22(17)31)34-15-7-16(25-9-15)21(30)26-5-4-13(28)10-26/h11-13,15-18,24-25,28H,4-10H2,1-3H3,(H,32,33)/t11-,12+,13+,15-,16-,17+,18+/m0/s1. The van der Waals surface area contributed by atoms with E-state index < -0.39 is 12.1 Å². The lowest BCUT2D eigenvalue weighted by Crippen LogP contribution is -2.62. The number of aliphatic hydroxyl groups excluding tert-OH is 1. The minimum Gasteiger partial charge on any atom is -0.477 e. The third kappa shape index (κ3) is 4.50. The maximum Gasteiger partial charge on any atom is 0.353 e. The molecule has 4 heterocycles. The van der Waals surface area contributed by atoms with Gasteiger partial charge in [0.2, 0.25) is 11.8 Å². The fraction of sp³-hybridized carbons (Fsp3) is 0.739. The Bertz CT molecular complexity index is 910. The van der Waals surface area contributed by atoms with Gasteiger partial charge in [-0.1, -0.05) is 13.8 Å². The van der Waals surface area contributed by atoms with Crippen LogP contribution < -0.4 is 10.6 Å². The summed E-state index contributed by atoms with van der Waals surface area (Å²) in [6.07, 6.45) is 0.967. The Morgan fingerprint density at radius 3 is 2.68 bits per heavy atom. The molecule has 4 aliphatic heterocycles. The average Bonchev–Trinajstić information content (AvgIpc) is 3.46. The number of likely N-dealkylation sites (tertiary alicyclic amines) is 1. The van der Waals surface area contributed by atoms with Gasteiger partial charge in [-0.15, -0.1) is 11.8 Å². The molecule has 188 valence electrons. The van der Waals surface area contributed by atoms with Gasteiger partial charge in [-0.3, -0.25) is 14.4 Å². The van der Waals surface area contributed by atoms with E-state index in [2.05, 4.69) is 10.6 Å². The molecule has 0 aromatic rings. The van der Waals surface area contributed by atoms with Crippen molar-refractivity contribution in [2.45, 2.75) is 56.5 Å². The number of aliphatic hydroxyl groups is 1. The van der Waals surface area contributed by atoms with Crippen LogP contribution in [0.4, 0.5) is 0 Å². The van der Waals surface area contributed by atoms with Crippen LogP contribution in [0.3, 0.4) is 0 Å². The van der Waals surface area contributed by atoms with E-state index in [9.17, 15) is 29.4 Å². The second-order valence-electron chi connectivity index (χ2n) is 9.94. The molecule has 0 aromatic carbocycles. The average molecular weight is 495 g/mol. The van der Waals surface area contributed by atoms with E-state index in [1.54, 1.807) is 11.9 Å². The Kier molecular flexibility index (Phi) is 7.37. The van der Waals surface area contributed by atoms with Crippen molar-refractivity contribution in [3.05, 3.63) is 10.6 Å². The Hall–Kier alpha value is -1.95. The van der Waals surface area contributed by atoms with Gasteiger partial charge in [-0.25, -0.2) is 4.79 Å². The van der Waals surface area contributed by atoms with E-state index >= 15 is 0 Å². The number of thioether (sulfide) groups is 1. The van der Waals surface area contributed by atoms with Crippen molar-refractivity contribution in [1.29, 1.82) is 0 Å². The summed E-state index contributed by atoms with van der Waals surface area (Å²) in [4.78, 5) is 53.8. The molecule has 0 aliphatic carbocycles. The lowest BCUT2D eigenvalue weighted by atomic mass is 9.73. The summed E-state index contributed by atoms with van der Waals surface area (Å²) in [7, 11) is 1.70. The van der Waals surface area contributed by atoms with Crippen molar-refractivity contribution in [1.82, 2.24) is 20.4 Å². The minimum absolute atomic E-state index is 0.00941. The van der Waals surface area contributed by atoms with Gasteiger partial charge in [-0.2, -0.15) is 0 Å². The monoisotopic (exact) mass is 494 g/mol. The van der Waals surface area contributed by atoms with Crippen LogP contribution >= 0.6 is 11.8 Å². The number of hydrogen-bond acceptors (Lipinski definition) is 8. The largest absolute Gasteiger partial charge is 0.477 e. The van der Waals surface area contributed by atoms with Gasteiger partial charge in [0, 0.05) is 42.1 Å². The SMILES string of the molecule is CNCC(=O)C[C@H](C)[C@H]1C(=O)N2C(C(=O)O)=C(S[C@@H]3CN[C@H](C(=O)N4CC[C@@H](O)C4)C3)[C@H](C)[C@H]12. The fourth-order valence-corrected chi connectivity index (χ4v) is 7.32. The van der Waals surface area contributed by atoms with Gasteiger partial charge in [0.05, 0.1) is 30.7 Å². The summed E-state index contributed by atoms with van der Waals surface area (Å²) in [5.41, 5.74) is 0.0509. The van der Waals surface area contributed by atoms with E-state index in [1.807, 2.05) is 13.8 Å². The van der Waals surface area contributed by atoms with Gasteiger partial charge in [0.15, 0.2) is 0 Å². The van der Waals surface area contributed by atoms with Gasteiger partial charge >= 0.3 is 5.97 Å². The predicted molar refractivity (Wildman–Crippen MR) is 126 cm³/mol. The number of fused-ring (bicyclic) bond motifs is 1. The van der Waals surface area contributed by atoms with Gasteiger partial charge in [-0.05, 0) is 25.8 Å². The van der Waals surface area contributed by atoms with Crippen LogP contribution in [0.25, 0.3) is 0 Å². The number of nitrogens with zero attached hydrogens (tertiary/aromatic N) is 2. The van der Waals surface area contributed by atoms with Crippen molar-refractivity contribution in [2.24, 2.45) is 17.8 Å². The van der Waals surface area contributed by atoms with Crippen molar-refractivity contribution in [2.75, 3.05) is 33.2 Å². The number of hydrogen-bond donors (Lipinski definition) is 4. The molecular weight excluding hydrogens is 460 g/mol. The molecule has 10 nitrogen and oxygen atoms in total. The van der Waals surface area contributed by atoms with Crippen LogP contribution in [0.1, 0.15) is 33.1 Å².